The monoisotopic (exact) mass is 355 g/mol. The van der Waals surface area contributed by atoms with Crippen molar-refractivity contribution >= 4 is 42.3 Å². The summed E-state index contributed by atoms with van der Waals surface area (Å²) in [6.07, 6.45) is 0. The van der Waals surface area contributed by atoms with Crippen molar-refractivity contribution in [3.8, 4) is 0 Å². The van der Waals surface area contributed by atoms with Gasteiger partial charge in [-0.05, 0) is 45.8 Å². The summed E-state index contributed by atoms with van der Waals surface area (Å²) >= 11 is 5.99. The van der Waals surface area contributed by atoms with Crippen molar-refractivity contribution < 1.29 is 4.79 Å². The first-order chi connectivity index (χ1) is 8.95. The molecule has 0 fully saturated rings. The Bertz CT molecular complexity index is 430. The molecule has 21 heavy (non-hydrogen) atoms. The topological polar surface area (TPSA) is 44.4 Å². The summed E-state index contributed by atoms with van der Waals surface area (Å²) in [5.74, 6) is -0.0191. The van der Waals surface area contributed by atoms with E-state index in [2.05, 4.69) is 10.6 Å². The molecule has 0 bridgehead atoms. The Kier molecular flexibility index (Phi) is 12.0. The first-order valence-corrected chi connectivity index (χ1v) is 6.70. The zero-order chi connectivity index (χ0) is 14.4. The number of likely N-dealkylation sites (N-methyl/N-ethyl adjacent to an activating group) is 2. The molecule has 2 atom stereocenters. The van der Waals surface area contributed by atoms with Crippen LogP contribution in [0.1, 0.15) is 18.5 Å². The number of halogens is 3. The van der Waals surface area contributed by atoms with Gasteiger partial charge in [0, 0.05) is 17.6 Å². The molecule has 0 heterocycles. The van der Waals surface area contributed by atoms with Crippen LogP contribution in [0.3, 0.4) is 0 Å². The minimum Gasteiger partial charge on any atom is -0.353 e. The number of amides is 1. The summed E-state index contributed by atoms with van der Waals surface area (Å²) in [6, 6.07) is 7.32. The van der Waals surface area contributed by atoms with Gasteiger partial charge < -0.3 is 10.6 Å². The van der Waals surface area contributed by atoms with Crippen molar-refractivity contribution in [2.75, 3.05) is 27.7 Å². The van der Waals surface area contributed by atoms with Crippen molar-refractivity contribution in [1.29, 1.82) is 0 Å². The lowest BCUT2D eigenvalue weighted by atomic mass is 10.1. The molecule has 1 rings (SSSR count). The minimum absolute atomic E-state index is 0. The van der Waals surface area contributed by atoms with Crippen LogP contribution >= 0.6 is 36.4 Å². The molecular weight excluding hydrogens is 333 g/mol. The van der Waals surface area contributed by atoms with Gasteiger partial charge in [-0.15, -0.1) is 24.8 Å². The second-order valence-electron chi connectivity index (χ2n) is 4.86. The quantitative estimate of drug-likeness (QED) is 0.823. The Morgan fingerprint density at radius 3 is 2.43 bits per heavy atom. The molecule has 0 saturated heterocycles. The van der Waals surface area contributed by atoms with Gasteiger partial charge in [0.15, 0.2) is 0 Å². The van der Waals surface area contributed by atoms with Crippen LogP contribution in [-0.2, 0) is 4.79 Å². The first kappa shape index (κ1) is 22.8. The summed E-state index contributed by atoms with van der Waals surface area (Å²) in [6.45, 7) is 2.62. The van der Waals surface area contributed by atoms with Crippen LogP contribution in [0.4, 0.5) is 0 Å². The van der Waals surface area contributed by atoms with Crippen LogP contribution in [0.15, 0.2) is 24.3 Å². The van der Waals surface area contributed by atoms with Crippen molar-refractivity contribution in [2.24, 2.45) is 0 Å². The molecule has 1 amide bonds. The fourth-order valence-electron chi connectivity index (χ4n) is 1.81. The number of nitrogens with zero attached hydrogens (tertiary/aromatic N) is 1. The predicted molar refractivity (Wildman–Crippen MR) is 93.9 cm³/mol. The highest BCUT2D eigenvalue weighted by atomic mass is 35.5. The fourth-order valence-corrected chi connectivity index (χ4v) is 2.01. The standard InChI is InChI=1S/C14H22ClN3O.2ClH/c1-10(16-2)9-17-14(19)13(18(3)4)11-6-5-7-12(15)8-11;;/h5-8,10,13,16H,9H2,1-4H3,(H,17,19);2*1H. The summed E-state index contributed by atoms with van der Waals surface area (Å²) in [4.78, 5) is 14.2. The zero-order valence-electron chi connectivity index (χ0n) is 12.7. The molecular formula is C14H24Cl3N3O. The van der Waals surface area contributed by atoms with Gasteiger partial charge in [-0.2, -0.15) is 0 Å². The molecule has 0 aliphatic rings. The zero-order valence-corrected chi connectivity index (χ0v) is 15.1. The summed E-state index contributed by atoms with van der Waals surface area (Å²) in [5, 5.41) is 6.67. The first-order valence-electron chi connectivity index (χ1n) is 6.32. The number of hydrogen-bond acceptors (Lipinski definition) is 3. The van der Waals surface area contributed by atoms with E-state index in [0.29, 0.717) is 11.6 Å². The third-order valence-electron chi connectivity index (χ3n) is 3.00. The van der Waals surface area contributed by atoms with Crippen molar-refractivity contribution in [3.05, 3.63) is 34.9 Å². The van der Waals surface area contributed by atoms with Crippen molar-refractivity contribution in [1.82, 2.24) is 15.5 Å². The van der Waals surface area contributed by atoms with E-state index in [1.165, 1.54) is 0 Å². The van der Waals surface area contributed by atoms with Gasteiger partial charge in [0.05, 0.1) is 0 Å². The summed E-state index contributed by atoms with van der Waals surface area (Å²) in [7, 11) is 5.64. The van der Waals surface area contributed by atoms with E-state index in [-0.39, 0.29) is 42.8 Å². The van der Waals surface area contributed by atoms with E-state index in [0.717, 1.165) is 5.56 Å². The minimum atomic E-state index is -0.331. The maximum Gasteiger partial charge on any atom is 0.241 e. The molecule has 0 saturated carbocycles. The Balaban J connectivity index is 0. The maximum atomic E-state index is 12.3. The summed E-state index contributed by atoms with van der Waals surface area (Å²) in [5.41, 5.74) is 0.895. The Labute approximate surface area is 144 Å². The van der Waals surface area contributed by atoms with Gasteiger partial charge in [0.1, 0.15) is 6.04 Å². The van der Waals surface area contributed by atoms with Crippen molar-refractivity contribution in [2.45, 2.75) is 19.0 Å². The normalized spacial score (nSPS) is 12.9. The molecule has 7 heteroatoms. The predicted octanol–water partition coefficient (Wildman–Crippen LogP) is 2.51. The van der Waals surface area contributed by atoms with Crippen molar-refractivity contribution in [3.63, 3.8) is 0 Å². The van der Waals surface area contributed by atoms with Crippen LogP contribution in [0.5, 0.6) is 0 Å². The number of carbonyl (C=O) groups is 1. The lowest BCUT2D eigenvalue weighted by Crippen LogP contribution is -2.42. The van der Waals surface area contributed by atoms with Gasteiger partial charge in [-0.3, -0.25) is 9.69 Å². The lowest BCUT2D eigenvalue weighted by Gasteiger charge is -2.24. The van der Waals surface area contributed by atoms with E-state index in [1.54, 1.807) is 6.07 Å². The van der Waals surface area contributed by atoms with Gasteiger partial charge in [0.2, 0.25) is 5.91 Å². The molecule has 4 nitrogen and oxygen atoms in total. The van der Waals surface area contributed by atoms with Crippen LogP contribution in [-0.4, -0.2) is 44.5 Å². The molecule has 2 unspecified atom stereocenters. The highest BCUT2D eigenvalue weighted by Crippen LogP contribution is 2.21. The van der Waals surface area contributed by atoms with Crippen LogP contribution in [0.2, 0.25) is 5.02 Å². The van der Waals surface area contributed by atoms with Crippen LogP contribution < -0.4 is 10.6 Å². The fraction of sp³-hybridized carbons (Fsp3) is 0.500. The summed E-state index contributed by atoms with van der Waals surface area (Å²) < 4.78 is 0. The van der Waals surface area contributed by atoms with Crippen LogP contribution in [0, 0.1) is 0 Å². The molecule has 2 N–H and O–H groups in total. The van der Waals surface area contributed by atoms with E-state index >= 15 is 0 Å². The Hall–Kier alpha value is -0.520. The third kappa shape index (κ3) is 7.34. The molecule has 1 aromatic carbocycles. The number of nitrogens with one attached hydrogen (secondary N) is 2. The van der Waals surface area contributed by atoms with Gasteiger partial charge in [-0.25, -0.2) is 0 Å². The average Bonchev–Trinajstić information content (AvgIpc) is 2.35. The molecule has 1 aromatic rings. The Morgan fingerprint density at radius 1 is 1.33 bits per heavy atom. The van der Waals surface area contributed by atoms with E-state index in [9.17, 15) is 4.79 Å². The van der Waals surface area contributed by atoms with E-state index < -0.39 is 0 Å². The molecule has 0 aromatic heterocycles. The van der Waals surface area contributed by atoms with E-state index in [1.807, 2.05) is 51.2 Å². The number of carbonyl (C=O) groups excluding carboxylic acids is 1. The van der Waals surface area contributed by atoms with Gasteiger partial charge in [0.25, 0.3) is 0 Å². The number of benzene rings is 1. The van der Waals surface area contributed by atoms with Gasteiger partial charge >= 0.3 is 0 Å². The average molecular weight is 357 g/mol. The molecule has 0 radical (unpaired) electrons. The van der Waals surface area contributed by atoms with E-state index in [4.69, 9.17) is 11.6 Å². The third-order valence-corrected chi connectivity index (χ3v) is 3.24. The SMILES string of the molecule is CNC(C)CNC(=O)C(c1cccc(Cl)c1)N(C)C.Cl.Cl. The highest BCUT2D eigenvalue weighted by Gasteiger charge is 2.23. The number of rotatable bonds is 6. The highest BCUT2D eigenvalue weighted by molar-refractivity contribution is 6.30. The maximum absolute atomic E-state index is 12.3. The molecule has 0 spiro atoms. The Morgan fingerprint density at radius 2 is 1.95 bits per heavy atom. The molecule has 0 aliphatic heterocycles. The molecule has 122 valence electrons. The molecule has 0 aliphatic carbocycles. The number of hydrogen-bond donors (Lipinski definition) is 2. The second kappa shape index (κ2) is 11.1. The second-order valence-corrected chi connectivity index (χ2v) is 5.29. The largest absolute Gasteiger partial charge is 0.353 e. The smallest absolute Gasteiger partial charge is 0.241 e. The lowest BCUT2D eigenvalue weighted by molar-refractivity contribution is -0.125. The van der Waals surface area contributed by atoms with Crippen LogP contribution in [0.25, 0.3) is 0 Å². The van der Waals surface area contributed by atoms with Gasteiger partial charge in [-0.1, -0.05) is 23.7 Å².